The van der Waals surface area contributed by atoms with Gasteiger partial charge in [-0.15, -0.1) is 0 Å². The number of piperazine rings is 1. The van der Waals surface area contributed by atoms with Crippen LogP contribution in [-0.4, -0.2) is 56.1 Å². The molecule has 0 aromatic heterocycles. The van der Waals surface area contributed by atoms with Crippen molar-refractivity contribution in [1.29, 1.82) is 0 Å². The van der Waals surface area contributed by atoms with Crippen LogP contribution in [0.1, 0.15) is 24.1 Å². The summed E-state index contributed by atoms with van der Waals surface area (Å²) in [6.45, 7) is 9.49. The lowest BCUT2D eigenvalue weighted by molar-refractivity contribution is 0.154. The van der Waals surface area contributed by atoms with Gasteiger partial charge in [-0.2, -0.15) is 0 Å². The van der Waals surface area contributed by atoms with Crippen molar-refractivity contribution >= 4 is 0 Å². The van der Waals surface area contributed by atoms with E-state index >= 15 is 0 Å². The summed E-state index contributed by atoms with van der Waals surface area (Å²) in [6.07, 6.45) is 0. The second-order valence-corrected chi connectivity index (χ2v) is 5.94. The highest BCUT2D eigenvalue weighted by Crippen LogP contribution is 2.20. The number of likely N-dealkylation sites (N-methyl/N-ethyl adjacent to an activating group) is 1. The molecule has 0 radical (unpaired) electrons. The average Bonchev–Trinajstić information content (AvgIpc) is 2.45. The summed E-state index contributed by atoms with van der Waals surface area (Å²) in [5.74, 6) is -0.687. The topological polar surface area (TPSA) is 18.5 Å². The van der Waals surface area contributed by atoms with E-state index in [1.165, 1.54) is 12.1 Å². The molecule has 1 aromatic carbocycles. The van der Waals surface area contributed by atoms with Crippen LogP contribution < -0.4 is 5.32 Å². The van der Waals surface area contributed by atoms with E-state index in [-0.39, 0.29) is 17.7 Å². The molecule has 1 unspecified atom stereocenters. The molecule has 1 aromatic rings. The van der Waals surface area contributed by atoms with Gasteiger partial charge in [-0.1, -0.05) is 0 Å². The molecule has 0 amide bonds. The molecule has 1 fully saturated rings. The van der Waals surface area contributed by atoms with Crippen molar-refractivity contribution in [2.75, 3.05) is 46.3 Å². The second-order valence-electron chi connectivity index (χ2n) is 5.94. The lowest BCUT2D eigenvalue weighted by Gasteiger charge is -2.32. The van der Waals surface area contributed by atoms with Gasteiger partial charge >= 0.3 is 0 Å². The van der Waals surface area contributed by atoms with Crippen molar-refractivity contribution in [1.82, 2.24) is 15.1 Å². The van der Waals surface area contributed by atoms with Crippen molar-refractivity contribution < 1.29 is 8.78 Å². The maximum absolute atomic E-state index is 13.9. The van der Waals surface area contributed by atoms with Crippen molar-refractivity contribution in [3.63, 3.8) is 0 Å². The lowest BCUT2D eigenvalue weighted by atomic mass is 10.1. The smallest absolute Gasteiger partial charge is 0.128 e. The number of benzene rings is 1. The summed E-state index contributed by atoms with van der Waals surface area (Å²) in [6, 6.07) is 2.38. The number of nitrogens with one attached hydrogen (secondary N) is 1. The van der Waals surface area contributed by atoms with Crippen LogP contribution in [0.4, 0.5) is 8.78 Å². The van der Waals surface area contributed by atoms with E-state index in [9.17, 15) is 8.78 Å². The van der Waals surface area contributed by atoms with Gasteiger partial charge in [-0.05, 0) is 38.6 Å². The van der Waals surface area contributed by atoms with Crippen molar-refractivity contribution in [2.45, 2.75) is 19.9 Å². The zero-order chi connectivity index (χ0) is 15.4. The minimum atomic E-state index is -0.348. The van der Waals surface area contributed by atoms with Crippen LogP contribution in [0.25, 0.3) is 0 Å². The number of aryl methyl sites for hydroxylation is 1. The molecule has 1 saturated heterocycles. The zero-order valence-corrected chi connectivity index (χ0v) is 13.1. The first-order valence-electron chi connectivity index (χ1n) is 7.57. The van der Waals surface area contributed by atoms with Crippen LogP contribution in [0, 0.1) is 18.6 Å². The average molecular weight is 297 g/mol. The number of rotatable bonds is 5. The largest absolute Gasteiger partial charge is 0.309 e. The van der Waals surface area contributed by atoms with E-state index < -0.39 is 0 Å². The Labute approximate surface area is 125 Å². The van der Waals surface area contributed by atoms with Crippen molar-refractivity contribution in [3.8, 4) is 0 Å². The summed E-state index contributed by atoms with van der Waals surface area (Å²) in [4.78, 5) is 4.71. The van der Waals surface area contributed by atoms with Crippen molar-refractivity contribution in [2.24, 2.45) is 0 Å². The summed E-state index contributed by atoms with van der Waals surface area (Å²) in [5, 5.41) is 3.28. The van der Waals surface area contributed by atoms with E-state index in [1.54, 1.807) is 6.92 Å². The Bertz CT molecular complexity index is 471. The van der Waals surface area contributed by atoms with E-state index in [1.807, 2.05) is 6.92 Å². The van der Waals surface area contributed by atoms with Gasteiger partial charge < -0.3 is 10.2 Å². The summed E-state index contributed by atoms with van der Waals surface area (Å²) < 4.78 is 27.4. The first-order chi connectivity index (χ1) is 9.97. The normalized spacial score (nSPS) is 18.9. The molecule has 21 heavy (non-hydrogen) atoms. The van der Waals surface area contributed by atoms with E-state index in [4.69, 9.17) is 0 Å². The third-order valence-electron chi connectivity index (χ3n) is 4.22. The third-order valence-corrected chi connectivity index (χ3v) is 4.22. The molecular weight excluding hydrogens is 272 g/mol. The molecule has 0 aliphatic carbocycles. The molecule has 1 N–H and O–H groups in total. The molecule has 118 valence electrons. The van der Waals surface area contributed by atoms with Gasteiger partial charge in [0.25, 0.3) is 0 Å². The molecule has 1 heterocycles. The van der Waals surface area contributed by atoms with Crippen LogP contribution in [0.5, 0.6) is 0 Å². The summed E-state index contributed by atoms with van der Waals surface area (Å²) in [5.41, 5.74) is 0.748. The van der Waals surface area contributed by atoms with Crippen LogP contribution in [0.15, 0.2) is 12.1 Å². The fourth-order valence-electron chi connectivity index (χ4n) is 2.61. The van der Waals surface area contributed by atoms with Crippen LogP contribution in [0.3, 0.4) is 0 Å². The van der Waals surface area contributed by atoms with Gasteiger partial charge in [-0.25, -0.2) is 8.78 Å². The number of halogens is 2. The highest BCUT2D eigenvalue weighted by molar-refractivity contribution is 5.27. The maximum atomic E-state index is 13.9. The Morgan fingerprint density at radius 3 is 2.48 bits per heavy atom. The predicted molar refractivity (Wildman–Crippen MR) is 81.4 cm³/mol. The van der Waals surface area contributed by atoms with E-state index in [0.29, 0.717) is 11.1 Å². The van der Waals surface area contributed by atoms with Crippen LogP contribution in [-0.2, 0) is 0 Å². The molecule has 1 aliphatic heterocycles. The molecule has 1 aliphatic rings. The number of nitrogens with zero attached hydrogens (tertiary/aromatic N) is 2. The fraction of sp³-hybridized carbons (Fsp3) is 0.625. The minimum Gasteiger partial charge on any atom is -0.309 e. The standard InChI is InChI=1S/C16H25F2N3/c1-12-10-16(18)14(11-15(12)17)13(2)19-4-5-21-8-6-20(3)7-9-21/h10-11,13,19H,4-9H2,1-3H3. The Hall–Kier alpha value is -1.04. The van der Waals surface area contributed by atoms with Gasteiger partial charge in [-0.3, -0.25) is 4.90 Å². The molecule has 0 saturated carbocycles. The highest BCUT2D eigenvalue weighted by atomic mass is 19.1. The first kappa shape index (κ1) is 16.3. The van der Waals surface area contributed by atoms with Gasteiger partial charge in [0, 0.05) is 50.9 Å². The van der Waals surface area contributed by atoms with E-state index in [2.05, 4.69) is 22.2 Å². The quantitative estimate of drug-likeness (QED) is 0.898. The lowest BCUT2D eigenvalue weighted by Crippen LogP contribution is -2.46. The van der Waals surface area contributed by atoms with Crippen LogP contribution >= 0.6 is 0 Å². The number of hydrogen-bond acceptors (Lipinski definition) is 3. The number of hydrogen-bond donors (Lipinski definition) is 1. The minimum absolute atomic E-state index is 0.187. The van der Waals surface area contributed by atoms with Crippen molar-refractivity contribution in [3.05, 3.63) is 34.9 Å². The molecule has 3 nitrogen and oxygen atoms in total. The molecular formula is C16H25F2N3. The SMILES string of the molecule is Cc1cc(F)c(C(C)NCCN2CCN(C)CC2)cc1F. The summed E-state index contributed by atoms with van der Waals surface area (Å²) in [7, 11) is 2.13. The predicted octanol–water partition coefficient (Wildman–Crippen LogP) is 2.17. The van der Waals surface area contributed by atoms with Gasteiger partial charge in [0.2, 0.25) is 0 Å². The highest BCUT2D eigenvalue weighted by Gasteiger charge is 2.15. The molecule has 0 spiro atoms. The first-order valence-corrected chi connectivity index (χ1v) is 7.57. The van der Waals surface area contributed by atoms with Gasteiger partial charge in [0.05, 0.1) is 0 Å². The van der Waals surface area contributed by atoms with Gasteiger partial charge in [0.15, 0.2) is 0 Å². The Morgan fingerprint density at radius 2 is 1.81 bits per heavy atom. The van der Waals surface area contributed by atoms with E-state index in [0.717, 1.165) is 39.3 Å². The third kappa shape index (κ3) is 4.46. The van der Waals surface area contributed by atoms with Crippen LogP contribution in [0.2, 0.25) is 0 Å². The Morgan fingerprint density at radius 1 is 1.14 bits per heavy atom. The van der Waals surface area contributed by atoms with Gasteiger partial charge in [0.1, 0.15) is 11.6 Å². The fourth-order valence-corrected chi connectivity index (χ4v) is 2.61. The zero-order valence-electron chi connectivity index (χ0n) is 13.1. The Balaban J connectivity index is 1.82. The molecule has 0 bridgehead atoms. The maximum Gasteiger partial charge on any atom is 0.128 e. The molecule has 1 atom stereocenters. The summed E-state index contributed by atoms with van der Waals surface area (Å²) >= 11 is 0. The Kier molecular flexibility index (Phi) is 5.67. The molecule has 2 rings (SSSR count). The second kappa shape index (κ2) is 7.29. The molecule has 5 heteroatoms. The monoisotopic (exact) mass is 297 g/mol.